The van der Waals surface area contributed by atoms with Crippen LogP contribution in [0.1, 0.15) is 13.3 Å². The van der Waals surface area contributed by atoms with Crippen LogP contribution in [0.5, 0.6) is 0 Å². The van der Waals surface area contributed by atoms with Crippen molar-refractivity contribution in [2.45, 2.75) is 19.4 Å². The highest BCUT2D eigenvalue weighted by molar-refractivity contribution is 6.29. The SMILES string of the molecule is CCC(COC)Nc1cc([N+](=O)[O-])cc(Cl)n1. The van der Waals surface area contributed by atoms with Gasteiger partial charge >= 0.3 is 0 Å². The van der Waals surface area contributed by atoms with Crippen molar-refractivity contribution in [2.24, 2.45) is 0 Å². The van der Waals surface area contributed by atoms with Gasteiger partial charge in [-0.1, -0.05) is 18.5 Å². The molecule has 7 heteroatoms. The largest absolute Gasteiger partial charge is 0.383 e. The van der Waals surface area contributed by atoms with E-state index in [1.165, 1.54) is 12.1 Å². The van der Waals surface area contributed by atoms with Crippen LogP contribution in [0.4, 0.5) is 11.5 Å². The molecule has 1 aromatic rings. The van der Waals surface area contributed by atoms with Gasteiger partial charge in [-0.15, -0.1) is 0 Å². The van der Waals surface area contributed by atoms with E-state index in [0.29, 0.717) is 12.4 Å². The van der Waals surface area contributed by atoms with Crippen molar-refractivity contribution in [1.82, 2.24) is 4.98 Å². The number of pyridine rings is 1. The lowest BCUT2D eigenvalue weighted by Crippen LogP contribution is -2.24. The third kappa shape index (κ3) is 4.16. The second-order valence-corrected chi connectivity index (χ2v) is 3.88. The lowest BCUT2D eigenvalue weighted by Gasteiger charge is -2.16. The Bertz CT molecular complexity index is 400. The fourth-order valence-electron chi connectivity index (χ4n) is 1.33. The summed E-state index contributed by atoms with van der Waals surface area (Å²) < 4.78 is 5.02. The highest BCUT2D eigenvalue weighted by atomic mass is 35.5. The zero-order chi connectivity index (χ0) is 12.8. The van der Waals surface area contributed by atoms with Crippen LogP contribution < -0.4 is 5.32 Å². The second kappa shape index (κ2) is 6.36. The van der Waals surface area contributed by atoms with Crippen LogP contribution in [0.15, 0.2) is 12.1 Å². The summed E-state index contributed by atoms with van der Waals surface area (Å²) in [4.78, 5) is 14.1. The van der Waals surface area contributed by atoms with E-state index in [0.717, 1.165) is 6.42 Å². The number of nitro groups is 1. The maximum absolute atomic E-state index is 10.7. The van der Waals surface area contributed by atoms with Gasteiger partial charge in [-0.05, 0) is 6.42 Å². The Hall–Kier alpha value is -1.40. The van der Waals surface area contributed by atoms with Crippen LogP contribution in [-0.2, 0) is 4.74 Å². The monoisotopic (exact) mass is 259 g/mol. The number of hydrogen-bond acceptors (Lipinski definition) is 5. The Morgan fingerprint density at radius 1 is 1.65 bits per heavy atom. The van der Waals surface area contributed by atoms with Crippen LogP contribution in [0.2, 0.25) is 5.15 Å². The van der Waals surface area contributed by atoms with E-state index in [1.54, 1.807) is 7.11 Å². The number of halogens is 1. The Kier molecular flexibility index (Phi) is 5.11. The molecular weight excluding hydrogens is 246 g/mol. The highest BCUT2D eigenvalue weighted by Gasteiger charge is 2.12. The van der Waals surface area contributed by atoms with Crippen molar-refractivity contribution in [3.05, 3.63) is 27.4 Å². The first kappa shape index (κ1) is 13.7. The van der Waals surface area contributed by atoms with Gasteiger partial charge in [-0.25, -0.2) is 4.98 Å². The number of ether oxygens (including phenoxy) is 1. The molecule has 0 aliphatic heterocycles. The molecule has 1 heterocycles. The fourth-order valence-corrected chi connectivity index (χ4v) is 1.54. The van der Waals surface area contributed by atoms with E-state index in [-0.39, 0.29) is 16.9 Å². The molecule has 17 heavy (non-hydrogen) atoms. The second-order valence-electron chi connectivity index (χ2n) is 3.50. The summed E-state index contributed by atoms with van der Waals surface area (Å²) in [6.07, 6.45) is 0.815. The Balaban J connectivity index is 2.86. The van der Waals surface area contributed by atoms with Gasteiger partial charge in [0.25, 0.3) is 5.69 Å². The quantitative estimate of drug-likeness (QED) is 0.482. The molecule has 0 amide bonds. The van der Waals surface area contributed by atoms with Crippen molar-refractivity contribution < 1.29 is 9.66 Å². The number of methoxy groups -OCH3 is 1. The predicted octanol–water partition coefficient (Wildman–Crippen LogP) is 2.48. The predicted molar refractivity (Wildman–Crippen MR) is 65.5 cm³/mol. The molecule has 6 nitrogen and oxygen atoms in total. The molecule has 0 aliphatic rings. The summed E-state index contributed by atoms with van der Waals surface area (Å²) >= 11 is 5.71. The van der Waals surface area contributed by atoms with Gasteiger partial charge in [0.05, 0.1) is 29.7 Å². The molecule has 0 aliphatic carbocycles. The lowest BCUT2D eigenvalue weighted by atomic mass is 10.2. The molecule has 94 valence electrons. The van der Waals surface area contributed by atoms with Gasteiger partial charge in [0.1, 0.15) is 11.0 Å². The zero-order valence-corrected chi connectivity index (χ0v) is 10.4. The Labute approximate surface area is 104 Å². The summed E-state index contributed by atoms with van der Waals surface area (Å²) in [5.41, 5.74) is -0.0835. The molecule has 0 radical (unpaired) electrons. The maximum Gasteiger partial charge on any atom is 0.276 e. The van der Waals surface area contributed by atoms with Gasteiger partial charge in [-0.2, -0.15) is 0 Å². The normalized spacial score (nSPS) is 12.2. The maximum atomic E-state index is 10.7. The number of nitrogens with zero attached hydrogens (tertiary/aromatic N) is 2. The summed E-state index contributed by atoms with van der Waals surface area (Å²) in [7, 11) is 1.60. The van der Waals surface area contributed by atoms with Crippen molar-refractivity contribution in [3.63, 3.8) is 0 Å². The topological polar surface area (TPSA) is 77.3 Å². The lowest BCUT2D eigenvalue weighted by molar-refractivity contribution is -0.384. The first-order valence-electron chi connectivity index (χ1n) is 5.14. The van der Waals surface area contributed by atoms with Crippen LogP contribution in [0.3, 0.4) is 0 Å². The fraction of sp³-hybridized carbons (Fsp3) is 0.500. The molecule has 0 saturated carbocycles. The number of aromatic nitrogens is 1. The highest BCUT2D eigenvalue weighted by Crippen LogP contribution is 2.21. The van der Waals surface area contributed by atoms with Crippen molar-refractivity contribution in [3.8, 4) is 0 Å². The van der Waals surface area contributed by atoms with Crippen molar-refractivity contribution in [2.75, 3.05) is 19.0 Å². The van der Waals surface area contributed by atoms with Crippen molar-refractivity contribution in [1.29, 1.82) is 0 Å². The standard InChI is InChI=1S/C10H14ClN3O3/c1-3-7(6-17-2)12-10-5-8(14(15)16)4-9(11)13-10/h4-5,7H,3,6H2,1-2H3,(H,12,13). The molecule has 0 fully saturated rings. The van der Waals surface area contributed by atoms with Crippen LogP contribution in [0.25, 0.3) is 0 Å². The summed E-state index contributed by atoms with van der Waals surface area (Å²) in [6, 6.07) is 2.61. The minimum atomic E-state index is -0.504. The average Bonchev–Trinajstić information content (AvgIpc) is 2.27. The van der Waals surface area contributed by atoms with Crippen molar-refractivity contribution >= 4 is 23.1 Å². The van der Waals surface area contributed by atoms with E-state index in [9.17, 15) is 10.1 Å². The van der Waals surface area contributed by atoms with E-state index in [4.69, 9.17) is 16.3 Å². The van der Waals surface area contributed by atoms with E-state index >= 15 is 0 Å². The molecule has 0 spiro atoms. The summed E-state index contributed by atoms with van der Waals surface area (Å²) in [5, 5.41) is 13.8. The van der Waals surface area contributed by atoms with Gasteiger partial charge in [0.15, 0.2) is 0 Å². The van der Waals surface area contributed by atoms with Crippen LogP contribution in [-0.4, -0.2) is 29.7 Å². The van der Waals surface area contributed by atoms with E-state index in [1.807, 2.05) is 6.92 Å². The van der Waals surface area contributed by atoms with E-state index < -0.39 is 4.92 Å². The number of rotatable bonds is 6. The van der Waals surface area contributed by atoms with Crippen LogP contribution >= 0.6 is 11.6 Å². The van der Waals surface area contributed by atoms with Gasteiger partial charge in [0.2, 0.25) is 0 Å². The van der Waals surface area contributed by atoms with Gasteiger partial charge in [-0.3, -0.25) is 10.1 Å². The molecule has 1 atom stereocenters. The first-order chi connectivity index (χ1) is 8.06. The summed E-state index contributed by atoms with van der Waals surface area (Å²) in [5.74, 6) is 0.383. The first-order valence-corrected chi connectivity index (χ1v) is 5.52. The van der Waals surface area contributed by atoms with Gasteiger partial charge < -0.3 is 10.1 Å². The third-order valence-electron chi connectivity index (χ3n) is 2.20. The van der Waals surface area contributed by atoms with Crippen LogP contribution in [0, 0.1) is 10.1 Å². The van der Waals surface area contributed by atoms with Gasteiger partial charge in [0, 0.05) is 7.11 Å². The Morgan fingerprint density at radius 2 is 2.35 bits per heavy atom. The molecular formula is C10H14ClN3O3. The molecule has 1 N–H and O–H groups in total. The smallest absolute Gasteiger partial charge is 0.276 e. The number of hydrogen-bond donors (Lipinski definition) is 1. The molecule has 0 aromatic carbocycles. The Morgan fingerprint density at radius 3 is 2.88 bits per heavy atom. The minimum Gasteiger partial charge on any atom is -0.383 e. The molecule has 0 saturated heterocycles. The number of anilines is 1. The molecule has 0 bridgehead atoms. The third-order valence-corrected chi connectivity index (χ3v) is 2.40. The number of nitrogens with one attached hydrogen (secondary N) is 1. The molecule has 1 aromatic heterocycles. The van der Waals surface area contributed by atoms with E-state index in [2.05, 4.69) is 10.3 Å². The zero-order valence-electron chi connectivity index (χ0n) is 9.64. The minimum absolute atomic E-state index is 0.0468. The summed E-state index contributed by atoms with van der Waals surface area (Å²) in [6.45, 7) is 2.48. The molecule has 1 rings (SSSR count). The molecule has 1 unspecified atom stereocenters. The average molecular weight is 260 g/mol.